The van der Waals surface area contributed by atoms with Crippen molar-refractivity contribution in [3.8, 4) is 0 Å². The minimum absolute atomic E-state index is 0.962. The number of rotatable bonds is 6. The molecule has 0 heterocycles. The maximum Gasteiger partial charge on any atom is -0.00179 e. The summed E-state index contributed by atoms with van der Waals surface area (Å²) >= 11 is 0. The molecule has 0 aromatic carbocycles. The van der Waals surface area contributed by atoms with E-state index < -0.39 is 0 Å². The highest BCUT2D eigenvalue weighted by atomic mass is 14.8. The summed E-state index contributed by atoms with van der Waals surface area (Å²) in [6.07, 6.45) is 8.65. The van der Waals surface area contributed by atoms with Crippen LogP contribution in [0.4, 0.5) is 0 Å². The lowest BCUT2D eigenvalue weighted by Crippen LogP contribution is -2.34. The molecule has 1 nitrogen and oxygen atoms in total. The Morgan fingerprint density at radius 2 is 1.73 bits per heavy atom. The molecule has 0 bridgehead atoms. The molecule has 0 spiro atoms. The van der Waals surface area contributed by atoms with Crippen molar-refractivity contribution in [1.82, 2.24) is 5.32 Å². The highest BCUT2D eigenvalue weighted by molar-refractivity contribution is 4.81. The van der Waals surface area contributed by atoms with Crippen molar-refractivity contribution in [2.24, 2.45) is 17.8 Å². The fraction of sp³-hybridized carbons (Fsp3) is 1.00. The molecule has 1 fully saturated rings. The van der Waals surface area contributed by atoms with Gasteiger partial charge in [0.2, 0.25) is 0 Å². The molecule has 1 rings (SSSR count). The minimum atomic E-state index is 0.962. The molecule has 0 saturated heterocycles. The molecule has 0 radical (unpaired) electrons. The number of hydrogen-bond acceptors (Lipinski definition) is 1. The molecule has 0 aromatic heterocycles. The summed E-state index contributed by atoms with van der Waals surface area (Å²) in [7, 11) is 0. The molecule has 0 aliphatic heterocycles. The largest absolute Gasteiger partial charge is 0.317 e. The topological polar surface area (TPSA) is 12.0 Å². The second kappa shape index (κ2) is 7.27. The third-order valence-corrected chi connectivity index (χ3v) is 4.28. The summed E-state index contributed by atoms with van der Waals surface area (Å²) in [5, 5.41) is 3.55. The van der Waals surface area contributed by atoms with E-state index in [1.165, 1.54) is 45.1 Å². The van der Waals surface area contributed by atoms with E-state index in [-0.39, 0.29) is 0 Å². The van der Waals surface area contributed by atoms with Crippen molar-refractivity contribution < 1.29 is 0 Å². The second-order valence-electron chi connectivity index (χ2n) is 5.09. The van der Waals surface area contributed by atoms with Gasteiger partial charge in [0.05, 0.1) is 0 Å². The molecule has 0 aromatic rings. The lowest BCUT2D eigenvalue weighted by atomic mass is 9.70. The highest BCUT2D eigenvalue weighted by Gasteiger charge is 2.29. The van der Waals surface area contributed by atoms with Gasteiger partial charge in [0.25, 0.3) is 0 Å². The lowest BCUT2D eigenvalue weighted by Gasteiger charge is -2.37. The van der Waals surface area contributed by atoms with Crippen LogP contribution in [0.5, 0.6) is 0 Å². The van der Waals surface area contributed by atoms with E-state index in [1.54, 1.807) is 0 Å². The summed E-state index contributed by atoms with van der Waals surface area (Å²) in [5.41, 5.74) is 0. The van der Waals surface area contributed by atoms with Gasteiger partial charge in [-0.15, -0.1) is 0 Å². The maximum atomic E-state index is 3.55. The van der Waals surface area contributed by atoms with E-state index in [9.17, 15) is 0 Å². The molecule has 1 N–H and O–H groups in total. The Morgan fingerprint density at radius 3 is 2.33 bits per heavy atom. The zero-order valence-corrected chi connectivity index (χ0v) is 10.9. The molecule has 1 aliphatic rings. The van der Waals surface area contributed by atoms with E-state index in [1.807, 2.05) is 0 Å². The maximum absolute atomic E-state index is 3.55. The Labute approximate surface area is 96.0 Å². The molecule has 2 unspecified atom stereocenters. The Morgan fingerprint density at radius 1 is 1.07 bits per heavy atom. The van der Waals surface area contributed by atoms with Crippen molar-refractivity contribution in [3.05, 3.63) is 0 Å². The SMILES string of the molecule is CCNCC1CCCCC1C(CC)CC. The van der Waals surface area contributed by atoms with E-state index in [0.717, 1.165) is 24.3 Å². The highest BCUT2D eigenvalue weighted by Crippen LogP contribution is 2.37. The summed E-state index contributed by atoms with van der Waals surface area (Å²) < 4.78 is 0. The van der Waals surface area contributed by atoms with Gasteiger partial charge >= 0.3 is 0 Å². The monoisotopic (exact) mass is 211 g/mol. The van der Waals surface area contributed by atoms with Gasteiger partial charge in [0.15, 0.2) is 0 Å². The van der Waals surface area contributed by atoms with Crippen LogP contribution >= 0.6 is 0 Å². The third kappa shape index (κ3) is 3.79. The van der Waals surface area contributed by atoms with Crippen LogP contribution < -0.4 is 5.32 Å². The van der Waals surface area contributed by atoms with Gasteiger partial charge in [-0.2, -0.15) is 0 Å². The predicted molar refractivity (Wildman–Crippen MR) is 68.1 cm³/mol. The summed E-state index contributed by atoms with van der Waals surface area (Å²) in [6.45, 7) is 9.35. The summed E-state index contributed by atoms with van der Waals surface area (Å²) in [6, 6.07) is 0. The summed E-state index contributed by atoms with van der Waals surface area (Å²) in [5.74, 6) is 2.95. The predicted octanol–water partition coefficient (Wildman–Crippen LogP) is 3.84. The van der Waals surface area contributed by atoms with Gasteiger partial charge in [-0.05, 0) is 43.7 Å². The van der Waals surface area contributed by atoms with Crippen molar-refractivity contribution in [2.45, 2.75) is 59.3 Å². The van der Waals surface area contributed by atoms with E-state index >= 15 is 0 Å². The minimum Gasteiger partial charge on any atom is -0.317 e. The van der Waals surface area contributed by atoms with Crippen LogP contribution in [0.3, 0.4) is 0 Å². The number of hydrogen-bond donors (Lipinski definition) is 1. The van der Waals surface area contributed by atoms with Gasteiger partial charge in [0.1, 0.15) is 0 Å². The smallest absolute Gasteiger partial charge is 0.00179 e. The molecule has 1 saturated carbocycles. The molecule has 2 atom stereocenters. The third-order valence-electron chi connectivity index (χ3n) is 4.28. The Balaban J connectivity index is 2.48. The van der Waals surface area contributed by atoms with Crippen molar-refractivity contribution in [1.29, 1.82) is 0 Å². The standard InChI is InChI=1S/C14H29N/c1-4-12(5-2)14-10-8-7-9-13(14)11-15-6-3/h12-15H,4-11H2,1-3H3. The van der Waals surface area contributed by atoms with Gasteiger partial charge in [-0.3, -0.25) is 0 Å². The van der Waals surface area contributed by atoms with Crippen molar-refractivity contribution in [2.75, 3.05) is 13.1 Å². The average Bonchev–Trinajstić information content (AvgIpc) is 2.29. The van der Waals surface area contributed by atoms with Gasteiger partial charge < -0.3 is 5.32 Å². The molecule has 0 amide bonds. The van der Waals surface area contributed by atoms with Crippen LogP contribution in [-0.4, -0.2) is 13.1 Å². The Kier molecular flexibility index (Phi) is 6.31. The van der Waals surface area contributed by atoms with Crippen LogP contribution in [0.1, 0.15) is 59.3 Å². The van der Waals surface area contributed by atoms with Crippen molar-refractivity contribution >= 4 is 0 Å². The normalized spacial score (nSPS) is 27.2. The molecular formula is C14H29N. The molecule has 1 heteroatoms. The fourth-order valence-electron chi connectivity index (χ4n) is 3.33. The Hall–Kier alpha value is -0.0400. The quantitative estimate of drug-likeness (QED) is 0.704. The van der Waals surface area contributed by atoms with Gasteiger partial charge in [-0.1, -0.05) is 46.5 Å². The Bertz CT molecular complexity index is 151. The first kappa shape index (κ1) is 13.0. The van der Waals surface area contributed by atoms with E-state index in [2.05, 4.69) is 26.1 Å². The lowest BCUT2D eigenvalue weighted by molar-refractivity contribution is 0.150. The van der Waals surface area contributed by atoms with Crippen LogP contribution in [-0.2, 0) is 0 Å². The first-order chi connectivity index (χ1) is 7.33. The first-order valence-corrected chi connectivity index (χ1v) is 7.04. The zero-order chi connectivity index (χ0) is 11.1. The van der Waals surface area contributed by atoms with Gasteiger partial charge in [0, 0.05) is 0 Å². The summed E-state index contributed by atoms with van der Waals surface area (Å²) in [4.78, 5) is 0. The van der Waals surface area contributed by atoms with E-state index in [0.29, 0.717) is 0 Å². The fourth-order valence-corrected chi connectivity index (χ4v) is 3.33. The van der Waals surface area contributed by atoms with Gasteiger partial charge in [-0.25, -0.2) is 0 Å². The van der Waals surface area contributed by atoms with Crippen LogP contribution in [0.2, 0.25) is 0 Å². The number of nitrogens with one attached hydrogen (secondary N) is 1. The van der Waals surface area contributed by atoms with Crippen LogP contribution in [0, 0.1) is 17.8 Å². The molecule has 1 aliphatic carbocycles. The van der Waals surface area contributed by atoms with Crippen LogP contribution in [0.25, 0.3) is 0 Å². The molecule has 15 heavy (non-hydrogen) atoms. The molecular weight excluding hydrogens is 182 g/mol. The van der Waals surface area contributed by atoms with Crippen molar-refractivity contribution in [3.63, 3.8) is 0 Å². The second-order valence-corrected chi connectivity index (χ2v) is 5.09. The molecule has 90 valence electrons. The van der Waals surface area contributed by atoms with Crippen LogP contribution in [0.15, 0.2) is 0 Å². The van der Waals surface area contributed by atoms with E-state index in [4.69, 9.17) is 0 Å². The first-order valence-electron chi connectivity index (χ1n) is 7.04. The zero-order valence-electron chi connectivity index (χ0n) is 10.9. The average molecular weight is 211 g/mol.